The molecule has 0 aromatic rings. The van der Waals surface area contributed by atoms with E-state index in [1.54, 1.807) is 27.7 Å². The summed E-state index contributed by atoms with van der Waals surface area (Å²) in [4.78, 5) is 47.2. The zero-order valence-electron chi connectivity index (χ0n) is 22.8. The first kappa shape index (κ1) is 34.0. The lowest BCUT2D eigenvalue weighted by Gasteiger charge is -2.35. The zero-order valence-corrected chi connectivity index (χ0v) is 22.8. The average Bonchev–Trinajstić information content (AvgIpc) is 2.87. The van der Waals surface area contributed by atoms with Gasteiger partial charge in [0.1, 0.15) is 26.4 Å². The Morgan fingerprint density at radius 3 is 0.838 bits per heavy atom. The van der Waals surface area contributed by atoms with Crippen LogP contribution in [0.15, 0.2) is 0 Å². The van der Waals surface area contributed by atoms with Crippen LogP contribution in [0.25, 0.3) is 0 Å². The lowest BCUT2D eigenvalue weighted by atomic mass is 9.86. The lowest BCUT2D eigenvalue weighted by molar-refractivity contribution is -0.0965. The van der Waals surface area contributed by atoms with Gasteiger partial charge in [0.15, 0.2) is 0 Å². The second-order valence-corrected chi connectivity index (χ2v) is 8.09. The van der Waals surface area contributed by atoms with Gasteiger partial charge in [0.25, 0.3) is 0 Å². The highest BCUT2D eigenvalue weighted by atomic mass is 16.7. The van der Waals surface area contributed by atoms with E-state index in [1.807, 2.05) is 13.8 Å². The van der Waals surface area contributed by atoms with Crippen molar-refractivity contribution in [2.24, 2.45) is 10.8 Å². The zero-order chi connectivity index (χ0) is 28.2. The Labute approximate surface area is 218 Å². The Morgan fingerprint density at radius 1 is 0.405 bits per heavy atom. The highest BCUT2D eigenvalue weighted by molar-refractivity contribution is 5.61. The van der Waals surface area contributed by atoms with Crippen molar-refractivity contribution in [3.63, 3.8) is 0 Å². The molecule has 0 atom stereocenters. The second-order valence-electron chi connectivity index (χ2n) is 8.09. The molecule has 0 saturated heterocycles. The van der Waals surface area contributed by atoms with Crippen molar-refractivity contribution in [2.45, 2.75) is 54.4 Å². The van der Waals surface area contributed by atoms with Gasteiger partial charge in [-0.3, -0.25) is 0 Å². The van der Waals surface area contributed by atoms with Gasteiger partial charge < -0.3 is 42.6 Å². The van der Waals surface area contributed by atoms with Gasteiger partial charge in [-0.05, 0) is 40.5 Å². The number of ether oxygens (including phenoxy) is 9. The van der Waals surface area contributed by atoms with Crippen LogP contribution in [-0.2, 0) is 42.6 Å². The molecule has 0 unspecified atom stereocenters. The molecule has 216 valence electrons. The number of hydrogen-bond donors (Lipinski definition) is 0. The third kappa shape index (κ3) is 14.4. The molecule has 0 heterocycles. The van der Waals surface area contributed by atoms with Crippen molar-refractivity contribution in [2.75, 3.05) is 66.1 Å². The van der Waals surface area contributed by atoms with Crippen LogP contribution in [0.2, 0.25) is 0 Å². The molecule has 0 bridgehead atoms. The largest absolute Gasteiger partial charge is 0.508 e. The van der Waals surface area contributed by atoms with E-state index in [1.165, 1.54) is 0 Å². The fourth-order valence-electron chi connectivity index (χ4n) is 2.83. The molecule has 37 heavy (non-hydrogen) atoms. The van der Waals surface area contributed by atoms with E-state index in [9.17, 15) is 19.2 Å². The van der Waals surface area contributed by atoms with Gasteiger partial charge in [0.05, 0.1) is 50.5 Å². The molecule has 0 aliphatic heterocycles. The number of carbonyl (C=O) groups is 4. The standard InChI is InChI=1S/C24H42O13/c1-7-23(15-34-19(25)30-9-3,16-35-20(26)31-10-4)13-29-14-24(8-2,17-36-21(27)32-11-5)18-37-22(28)33-12-6/h7-18H2,1-6H3. The van der Waals surface area contributed by atoms with Gasteiger partial charge in [-0.2, -0.15) is 0 Å². The topological polar surface area (TPSA) is 151 Å². The van der Waals surface area contributed by atoms with E-state index in [2.05, 4.69) is 0 Å². The first-order valence-electron chi connectivity index (χ1n) is 12.4. The van der Waals surface area contributed by atoms with E-state index in [0.29, 0.717) is 12.8 Å². The first-order valence-corrected chi connectivity index (χ1v) is 12.4. The minimum Gasteiger partial charge on any atom is -0.435 e. The summed E-state index contributed by atoms with van der Waals surface area (Å²) in [6.07, 6.45) is -2.70. The Morgan fingerprint density at radius 2 is 0.649 bits per heavy atom. The van der Waals surface area contributed by atoms with Crippen molar-refractivity contribution in [3.05, 3.63) is 0 Å². The summed E-state index contributed by atoms with van der Waals surface area (Å²) in [7, 11) is 0. The summed E-state index contributed by atoms with van der Waals surface area (Å²) >= 11 is 0. The number of rotatable bonds is 18. The molecule has 13 heteroatoms. The monoisotopic (exact) mass is 538 g/mol. The van der Waals surface area contributed by atoms with Crippen LogP contribution in [0.5, 0.6) is 0 Å². The molecule has 13 nitrogen and oxygen atoms in total. The van der Waals surface area contributed by atoms with Crippen LogP contribution in [-0.4, -0.2) is 90.7 Å². The van der Waals surface area contributed by atoms with Crippen molar-refractivity contribution in [3.8, 4) is 0 Å². The molecular formula is C24H42O13. The summed E-state index contributed by atoms with van der Waals surface area (Å²) in [5.41, 5.74) is -1.88. The van der Waals surface area contributed by atoms with E-state index < -0.39 is 35.5 Å². The molecule has 0 saturated carbocycles. The second kappa shape index (κ2) is 19.2. The number of hydrogen-bond acceptors (Lipinski definition) is 13. The van der Waals surface area contributed by atoms with Gasteiger partial charge in [-0.15, -0.1) is 0 Å². The van der Waals surface area contributed by atoms with E-state index in [-0.39, 0.29) is 66.1 Å². The van der Waals surface area contributed by atoms with Crippen molar-refractivity contribution in [1.29, 1.82) is 0 Å². The van der Waals surface area contributed by atoms with Crippen LogP contribution in [0.3, 0.4) is 0 Å². The van der Waals surface area contributed by atoms with Gasteiger partial charge in [0, 0.05) is 0 Å². The predicted molar refractivity (Wildman–Crippen MR) is 128 cm³/mol. The summed E-state index contributed by atoms with van der Waals surface area (Å²) in [6, 6.07) is 0. The predicted octanol–water partition coefficient (Wildman–Crippen LogP) is 4.49. The molecule has 0 aromatic heterocycles. The molecule has 0 aliphatic carbocycles. The average molecular weight is 539 g/mol. The molecule has 0 amide bonds. The molecular weight excluding hydrogens is 496 g/mol. The smallest absolute Gasteiger partial charge is 0.435 e. The minimum absolute atomic E-state index is 0.0249. The molecule has 0 spiro atoms. The maximum absolute atomic E-state index is 11.8. The van der Waals surface area contributed by atoms with E-state index >= 15 is 0 Å². The van der Waals surface area contributed by atoms with Crippen molar-refractivity contribution >= 4 is 24.6 Å². The third-order valence-corrected chi connectivity index (χ3v) is 5.35. The van der Waals surface area contributed by atoms with Gasteiger partial charge >= 0.3 is 24.6 Å². The fraction of sp³-hybridized carbons (Fsp3) is 0.833. The SMILES string of the molecule is CCOC(=O)OCC(CC)(COCC(CC)(COC(=O)OCC)COC(=O)OCC)COC(=O)OCC. The Balaban J connectivity index is 5.55. The molecule has 0 fully saturated rings. The van der Waals surface area contributed by atoms with Crippen LogP contribution < -0.4 is 0 Å². The van der Waals surface area contributed by atoms with E-state index in [4.69, 9.17) is 42.6 Å². The van der Waals surface area contributed by atoms with Crippen LogP contribution in [0.4, 0.5) is 19.2 Å². The van der Waals surface area contributed by atoms with Gasteiger partial charge in [-0.25, -0.2) is 19.2 Å². The number of carbonyl (C=O) groups excluding carboxylic acids is 4. The summed E-state index contributed by atoms with van der Waals surface area (Å²) in [6.45, 7) is 10.0. The minimum atomic E-state index is -0.941. The van der Waals surface area contributed by atoms with E-state index in [0.717, 1.165) is 0 Å². The Bertz CT molecular complexity index is 580. The molecule has 0 rings (SSSR count). The van der Waals surface area contributed by atoms with Crippen LogP contribution in [0.1, 0.15) is 54.4 Å². The van der Waals surface area contributed by atoms with Crippen LogP contribution in [0, 0.1) is 10.8 Å². The van der Waals surface area contributed by atoms with Crippen molar-refractivity contribution in [1.82, 2.24) is 0 Å². The molecule has 0 radical (unpaired) electrons. The fourth-order valence-corrected chi connectivity index (χ4v) is 2.83. The van der Waals surface area contributed by atoms with Gasteiger partial charge in [-0.1, -0.05) is 13.8 Å². The molecule has 0 aromatic carbocycles. The summed E-state index contributed by atoms with van der Waals surface area (Å²) < 4.78 is 46.1. The molecule has 0 aliphatic rings. The third-order valence-electron chi connectivity index (χ3n) is 5.35. The van der Waals surface area contributed by atoms with Gasteiger partial charge in [0.2, 0.25) is 0 Å². The highest BCUT2D eigenvalue weighted by Gasteiger charge is 2.37. The maximum atomic E-state index is 11.8. The lowest BCUT2D eigenvalue weighted by Crippen LogP contribution is -2.42. The van der Waals surface area contributed by atoms with Crippen molar-refractivity contribution < 1.29 is 61.8 Å². The Hall–Kier alpha value is -2.96. The Kier molecular flexibility index (Phi) is 17.7. The maximum Gasteiger partial charge on any atom is 0.508 e. The first-order chi connectivity index (χ1) is 17.6. The normalized spacial score (nSPS) is 11.2. The highest BCUT2D eigenvalue weighted by Crippen LogP contribution is 2.29. The quantitative estimate of drug-likeness (QED) is 0.178. The molecule has 0 N–H and O–H groups in total. The summed E-state index contributed by atoms with van der Waals surface area (Å²) in [5, 5.41) is 0. The van der Waals surface area contributed by atoms with Crippen LogP contribution >= 0.6 is 0 Å². The summed E-state index contributed by atoms with van der Waals surface area (Å²) in [5.74, 6) is 0.